The molecule has 1 aliphatic heterocycles. The number of piperazine rings is 1. The minimum atomic E-state index is 0.0127. The summed E-state index contributed by atoms with van der Waals surface area (Å²) in [5, 5.41) is 9.51. The standard InChI is InChI=1S/C24H22N4O3/c1-30-21-10-6-5-7-18(21)11-12-22-26-20(17-25)24(31-22)28-15-13-27(14-16-28)23(29)19-8-3-2-4-9-19/h2-12H,13-16H2,1H3/b12-11+. The molecule has 156 valence electrons. The molecule has 7 heteroatoms. The second-order valence-electron chi connectivity index (χ2n) is 7.04. The SMILES string of the molecule is COc1ccccc1/C=C/c1nc(C#N)c(N2CCN(C(=O)c3ccccc3)CC2)o1. The first-order valence-corrected chi connectivity index (χ1v) is 10.0. The molecule has 1 amide bonds. The predicted octanol–water partition coefficient (Wildman–Crippen LogP) is 3.69. The maximum atomic E-state index is 12.6. The van der Waals surface area contributed by atoms with Gasteiger partial charge < -0.3 is 19.0 Å². The van der Waals surface area contributed by atoms with Gasteiger partial charge in [-0.25, -0.2) is 0 Å². The molecular formula is C24H22N4O3. The van der Waals surface area contributed by atoms with Gasteiger partial charge in [0.2, 0.25) is 17.5 Å². The molecule has 4 rings (SSSR count). The lowest BCUT2D eigenvalue weighted by Crippen LogP contribution is -2.48. The zero-order valence-corrected chi connectivity index (χ0v) is 17.2. The van der Waals surface area contributed by atoms with Gasteiger partial charge in [-0.2, -0.15) is 10.2 Å². The van der Waals surface area contributed by atoms with Gasteiger partial charge in [0, 0.05) is 43.4 Å². The average Bonchev–Trinajstić information content (AvgIpc) is 3.26. The van der Waals surface area contributed by atoms with Crippen molar-refractivity contribution in [1.29, 1.82) is 5.26 Å². The van der Waals surface area contributed by atoms with Crippen LogP contribution in [0.4, 0.5) is 5.88 Å². The van der Waals surface area contributed by atoms with Gasteiger partial charge in [0.15, 0.2) is 0 Å². The maximum Gasteiger partial charge on any atom is 0.253 e. The maximum absolute atomic E-state index is 12.6. The second kappa shape index (κ2) is 9.18. The van der Waals surface area contributed by atoms with Crippen molar-refractivity contribution in [1.82, 2.24) is 9.88 Å². The van der Waals surface area contributed by atoms with Crippen molar-refractivity contribution in [3.8, 4) is 11.8 Å². The number of hydrogen-bond donors (Lipinski definition) is 0. The topological polar surface area (TPSA) is 82.6 Å². The molecule has 1 saturated heterocycles. The summed E-state index contributed by atoms with van der Waals surface area (Å²) in [5.74, 6) is 1.54. The van der Waals surface area contributed by atoms with E-state index >= 15 is 0 Å². The van der Waals surface area contributed by atoms with E-state index < -0.39 is 0 Å². The molecule has 7 nitrogen and oxygen atoms in total. The molecule has 0 saturated carbocycles. The lowest BCUT2D eigenvalue weighted by atomic mass is 10.2. The van der Waals surface area contributed by atoms with E-state index in [-0.39, 0.29) is 11.6 Å². The zero-order chi connectivity index (χ0) is 21.6. The number of nitrogens with zero attached hydrogens (tertiary/aromatic N) is 4. The highest BCUT2D eigenvalue weighted by Gasteiger charge is 2.26. The van der Waals surface area contributed by atoms with Crippen LogP contribution in [0.15, 0.2) is 59.0 Å². The summed E-state index contributed by atoms with van der Waals surface area (Å²) in [5.41, 5.74) is 1.80. The Hall–Kier alpha value is -4.05. The first kappa shape index (κ1) is 20.2. The summed E-state index contributed by atoms with van der Waals surface area (Å²) in [4.78, 5) is 20.7. The normalized spacial score (nSPS) is 13.9. The number of aromatic nitrogens is 1. The van der Waals surface area contributed by atoms with E-state index in [1.807, 2.05) is 70.5 Å². The Kier molecular flexibility index (Phi) is 5.99. The summed E-state index contributed by atoms with van der Waals surface area (Å²) in [6.45, 7) is 2.23. The number of amides is 1. The first-order valence-electron chi connectivity index (χ1n) is 10.0. The van der Waals surface area contributed by atoms with E-state index in [2.05, 4.69) is 11.1 Å². The van der Waals surface area contributed by atoms with E-state index in [0.717, 1.165) is 11.3 Å². The second-order valence-corrected chi connectivity index (χ2v) is 7.04. The van der Waals surface area contributed by atoms with Gasteiger partial charge in [0.05, 0.1) is 7.11 Å². The third kappa shape index (κ3) is 4.43. The van der Waals surface area contributed by atoms with Crippen molar-refractivity contribution >= 4 is 23.9 Å². The van der Waals surface area contributed by atoms with Gasteiger partial charge >= 0.3 is 0 Å². The fraction of sp³-hybridized carbons (Fsp3) is 0.208. The van der Waals surface area contributed by atoms with Crippen LogP contribution in [0.25, 0.3) is 12.2 Å². The van der Waals surface area contributed by atoms with Crippen molar-refractivity contribution in [3.05, 3.63) is 77.3 Å². The number of nitriles is 1. The Morgan fingerprint density at radius 1 is 1.06 bits per heavy atom. The largest absolute Gasteiger partial charge is 0.496 e. The van der Waals surface area contributed by atoms with Gasteiger partial charge in [-0.3, -0.25) is 4.79 Å². The average molecular weight is 414 g/mol. The Morgan fingerprint density at radius 2 is 1.77 bits per heavy atom. The van der Waals surface area contributed by atoms with Crippen LogP contribution in [0, 0.1) is 11.3 Å². The molecule has 2 heterocycles. The molecule has 31 heavy (non-hydrogen) atoms. The molecule has 0 bridgehead atoms. The fourth-order valence-electron chi connectivity index (χ4n) is 3.53. The Balaban J connectivity index is 1.46. The van der Waals surface area contributed by atoms with Gasteiger partial charge in [-0.1, -0.05) is 36.4 Å². The smallest absolute Gasteiger partial charge is 0.253 e. The highest BCUT2D eigenvalue weighted by atomic mass is 16.5. The number of methoxy groups -OCH3 is 1. The summed E-state index contributed by atoms with van der Waals surface area (Å²) >= 11 is 0. The molecule has 0 N–H and O–H groups in total. The van der Waals surface area contributed by atoms with Crippen LogP contribution in [-0.4, -0.2) is 49.1 Å². The molecule has 1 aliphatic rings. The highest BCUT2D eigenvalue weighted by molar-refractivity contribution is 5.94. The molecule has 0 aliphatic carbocycles. The number of rotatable bonds is 5. The van der Waals surface area contributed by atoms with Crippen LogP contribution in [-0.2, 0) is 0 Å². The van der Waals surface area contributed by atoms with E-state index in [1.54, 1.807) is 13.2 Å². The summed E-state index contributed by atoms with van der Waals surface area (Å²) in [7, 11) is 1.62. The summed E-state index contributed by atoms with van der Waals surface area (Å²) in [6, 6.07) is 19.0. The van der Waals surface area contributed by atoms with Crippen molar-refractivity contribution in [3.63, 3.8) is 0 Å². The number of para-hydroxylation sites is 1. The first-order chi connectivity index (χ1) is 15.2. The molecule has 0 radical (unpaired) electrons. The quantitative estimate of drug-likeness (QED) is 0.633. The highest BCUT2D eigenvalue weighted by Crippen LogP contribution is 2.26. The summed E-state index contributed by atoms with van der Waals surface area (Å²) in [6.07, 6.45) is 3.56. The molecule has 0 unspecified atom stereocenters. The number of hydrogen-bond acceptors (Lipinski definition) is 6. The van der Waals surface area contributed by atoms with Crippen LogP contribution in [0.3, 0.4) is 0 Å². The minimum Gasteiger partial charge on any atom is -0.496 e. The van der Waals surface area contributed by atoms with Gasteiger partial charge in [-0.15, -0.1) is 0 Å². The third-order valence-corrected chi connectivity index (χ3v) is 5.15. The number of ether oxygens (including phenoxy) is 1. The number of oxazole rings is 1. The van der Waals surface area contributed by atoms with Crippen molar-refractivity contribution in [2.24, 2.45) is 0 Å². The van der Waals surface area contributed by atoms with Crippen LogP contribution < -0.4 is 9.64 Å². The van der Waals surface area contributed by atoms with Crippen LogP contribution >= 0.6 is 0 Å². The fourth-order valence-corrected chi connectivity index (χ4v) is 3.53. The molecule has 2 aromatic carbocycles. The number of carbonyl (C=O) groups excluding carboxylic acids is 1. The summed E-state index contributed by atoms with van der Waals surface area (Å²) < 4.78 is 11.2. The van der Waals surface area contributed by atoms with Crippen molar-refractivity contribution < 1.29 is 13.9 Å². The van der Waals surface area contributed by atoms with Crippen LogP contribution in [0.5, 0.6) is 5.75 Å². The Bertz CT molecular complexity index is 1120. The Labute approximate surface area is 180 Å². The van der Waals surface area contributed by atoms with Gasteiger partial charge in [-0.05, 0) is 24.3 Å². The molecule has 3 aromatic rings. The molecule has 1 fully saturated rings. The minimum absolute atomic E-state index is 0.0127. The number of anilines is 1. The van der Waals surface area contributed by atoms with E-state index in [1.165, 1.54) is 0 Å². The number of benzene rings is 2. The van der Waals surface area contributed by atoms with Crippen LogP contribution in [0.2, 0.25) is 0 Å². The van der Waals surface area contributed by atoms with E-state index in [0.29, 0.717) is 43.5 Å². The molecular weight excluding hydrogens is 392 g/mol. The third-order valence-electron chi connectivity index (χ3n) is 5.15. The zero-order valence-electron chi connectivity index (χ0n) is 17.2. The van der Waals surface area contributed by atoms with Gasteiger partial charge in [0.25, 0.3) is 5.91 Å². The Morgan fingerprint density at radius 3 is 2.48 bits per heavy atom. The molecule has 1 aromatic heterocycles. The van der Waals surface area contributed by atoms with E-state index in [4.69, 9.17) is 9.15 Å². The molecule has 0 spiro atoms. The van der Waals surface area contributed by atoms with Crippen molar-refractivity contribution in [2.75, 3.05) is 38.2 Å². The lowest BCUT2D eigenvalue weighted by molar-refractivity contribution is 0.0745. The van der Waals surface area contributed by atoms with Crippen LogP contribution in [0.1, 0.15) is 27.5 Å². The van der Waals surface area contributed by atoms with Crippen molar-refractivity contribution in [2.45, 2.75) is 0 Å². The molecule has 0 atom stereocenters. The predicted molar refractivity (Wildman–Crippen MR) is 118 cm³/mol. The van der Waals surface area contributed by atoms with E-state index in [9.17, 15) is 10.1 Å². The lowest BCUT2D eigenvalue weighted by Gasteiger charge is -2.34. The van der Waals surface area contributed by atoms with Gasteiger partial charge in [0.1, 0.15) is 11.8 Å². The number of carbonyl (C=O) groups is 1. The monoisotopic (exact) mass is 414 g/mol.